The van der Waals surface area contributed by atoms with Gasteiger partial charge >= 0.3 is 0 Å². The molecule has 16 heavy (non-hydrogen) atoms. The molecule has 0 bridgehead atoms. The molecule has 0 saturated heterocycles. The van der Waals surface area contributed by atoms with E-state index in [0.29, 0.717) is 0 Å². The molecule has 2 rings (SSSR count). The summed E-state index contributed by atoms with van der Waals surface area (Å²) in [7, 11) is 3.99. The van der Waals surface area contributed by atoms with Crippen molar-refractivity contribution in [3.8, 4) is 11.4 Å². The maximum Gasteiger partial charge on any atom is 0.139 e. The first kappa shape index (κ1) is 10.9. The molecule has 0 radical (unpaired) electrons. The van der Waals surface area contributed by atoms with Crippen LogP contribution in [0.15, 0.2) is 30.5 Å². The first-order valence-corrected chi connectivity index (χ1v) is 5.44. The summed E-state index contributed by atoms with van der Waals surface area (Å²) in [6, 6.07) is 8.45. The van der Waals surface area contributed by atoms with Crippen LogP contribution in [0, 0.1) is 6.92 Å². The Morgan fingerprint density at radius 1 is 1.25 bits per heavy atom. The summed E-state index contributed by atoms with van der Waals surface area (Å²) in [6.07, 6.45) is 1.92. The zero-order valence-electron chi connectivity index (χ0n) is 9.99. The summed E-state index contributed by atoms with van der Waals surface area (Å²) >= 11 is 0. The predicted molar refractivity (Wildman–Crippen MR) is 66.1 cm³/mol. The number of aryl methyl sites for hydroxylation is 1. The van der Waals surface area contributed by atoms with Gasteiger partial charge in [-0.2, -0.15) is 0 Å². The van der Waals surface area contributed by atoms with Crippen molar-refractivity contribution in [2.24, 2.45) is 7.05 Å². The number of rotatable bonds is 3. The van der Waals surface area contributed by atoms with E-state index >= 15 is 0 Å². The van der Waals surface area contributed by atoms with Crippen molar-refractivity contribution >= 4 is 0 Å². The zero-order valence-corrected chi connectivity index (χ0v) is 9.99. The van der Waals surface area contributed by atoms with Crippen molar-refractivity contribution in [2.75, 3.05) is 7.05 Å². The Bertz CT molecular complexity index is 468. The van der Waals surface area contributed by atoms with E-state index in [-0.39, 0.29) is 0 Å². The molecule has 0 aliphatic rings. The second-order valence-electron chi connectivity index (χ2n) is 4.03. The Balaban J connectivity index is 2.37. The predicted octanol–water partition coefficient (Wildman–Crippen LogP) is 2.11. The second-order valence-corrected chi connectivity index (χ2v) is 4.03. The van der Waals surface area contributed by atoms with Crippen molar-refractivity contribution in [1.29, 1.82) is 0 Å². The van der Waals surface area contributed by atoms with E-state index in [1.807, 2.05) is 13.2 Å². The summed E-state index contributed by atoms with van der Waals surface area (Å²) in [5.74, 6) is 1.02. The fourth-order valence-corrected chi connectivity index (χ4v) is 1.76. The van der Waals surface area contributed by atoms with Gasteiger partial charge in [-0.15, -0.1) is 0 Å². The van der Waals surface area contributed by atoms with Gasteiger partial charge in [0.15, 0.2) is 0 Å². The number of hydrogen-bond donors (Lipinski definition) is 1. The first-order chi connectivity index (χ1) is 7.72. The SMILES string of the molecule is CNCc1cnc(-c2ccc(C)cc2)n1C. The highest BCUT2D eigenvalue weighted by Gasteiger charge is 2.07. The molecule has 0 amide bonds. The van der Waals surface area contributed by atoms with E-state index in [1.54, 1.807) is 0 Å². The van der Waals surface area contributed by atoms with Gasteiger partial charge in [0.2, 0.25) is 0 Å². The molecule has 1 aromatic heterocycles. The summed E-state index contributed by atoms with van der Waals surface area (Å²) in [5.41, 5.74) is 3.63. The lowest BCUT2D eigenvalue weighted by molar-refractivity contribution is 0.737. The van der Waals surface area contributed by atoms with Crippen LogP contribution in [0.2, 0.25) is 0 Å². The minimum absolute atomic E-state index is 0.843. The number of aromatic nitrogens is 2. The minimum atomic E-state index is 0.843. The number of hydrogen-bond acceptors (Lipinski definition) is 2. The van der Waals surface area contributed by atoms with Crippen LogP contribution in [0.4, 0.5) is 0 Å². The molecule has 0 fully saturated rings. The van der Waals surface area contributed by atoms with Gasteiger partial charge in [-0.05, 0) is 14.0 Å². The Kier molecular flexibility index (Phi) is 3.06. The van der Waals surface area contributed by atoms with Crippen LogP contribution in [0.1, 0.15) is 11.3 Å². The van der Waals surface area contributed by atoms with Gasteiger partial charge in [-0.1, -0.05) is 29.8 Å². The maximum atomic E-state index is 4.46. The van der Waals surface area contributed by atoms with Crippen molar-refractivity contribution in [3.05, 3.63) is 41.7 Å². The topological polar surface area (TPSA) is 29.9 Å². The Morgan fingerprint density at radius 2 is 1.94 bits per heavy atom. The van der Waals surface area contributed by atoms with Crippen LogP contribution >= 0.6 is 0 Å². The minimum Gasteiger partial charge on any atom is -0.330 e. The Hall–Kier alpha value is -1.61. The molecule has 3 heteroatoms. The molecule has 0 unspecified atom stereocenters. The van der Waals surface area contributed by atoms with Gasteiger partial charge < -0.3 is 9.88 Å². The standard InChI is InChI=1S/C13H17N3/c1-10-4-6-11(7-5-10)13-15-9-12(8-14-2)16(13)3/h4-7,9,14H,8H2,1-3H3. The average Bonchev–Trinajstić information content (AvgIpc) is 2.63. The van der Waals surface area contributed by atoms with E-state index in [4.69, 9.17) is 0 Å². The fourth-order valence-electron chi connectivity index (χ4n) is 1.76. The summed E-state index contributed by atoms with van der Waals surface area (Å²) in [6.45, 7) is 2.93. The monoisotopic (exact) mass is 215 g/mol. The van der Waals surface area contributed by atoms with Crippen molar-refractivity contribution < 1.29 is 0 Å². The van der Waals surface area contributed by atoms with Crippen LogP contribution in [-0.4, -0.2) is 16.6 Å². The van der Waals surface area contributed by atoms with Gasteiger partial charge in [0.25, 0.3) is 0 Å². The van der Waals surface area contributed by atoms with Crippen LogP contribution in [0.3, 0.4) is 0 Å². The normalized spacial score (nSPS) is 10.7. The van der Waals surface area contributed by atoms with Gasteiger partial charge in [-0.3, -0.25) is 0 Å². The smallest absolute Gasteiger partial charge is 0.139 e. The molecular formula is C13H17N3. The lowest BCUT2D eigenvalue weighted by atomic mass is 10.1. The maximum absolute atomic E-state index is 4.46. The van der Waals surface area contributed by atoms with Crippen LogP contribution in [0.5, 0.6) is 0 Å². The molecule has 2 aromatic rings. The molecule has 3 nitrogen and oxygen atoms in total. The molecule has 0 aliphatic heterocycles. The third kappa shape index (κ3) is 1.99. The van der Waals surface area contributed by atoms with E-state index in [1.165, 1.54) is 11.3 Å². The molecule has 1 heterocycles. The number of benzene rings is 1. The highest BCUT2D eigenvalue weighted by atomic mass is 15.1. The van der Waals surface area contributed by atoms with E-state index < -0.39 is 0 Å². The summed E-state index contributed by atoms with van der Waals surface area (Å²) in [4.78, 5) is 4.46. The molecule has 0 saturated carbocycles. The molecule has 84 valence electrons. The molecule has 0 atom stereocenters. The van der Waals surface area contributed by atoms with Crippen molar-refractivity contribution in [1.82, 2.24) is 14.9 Å². The third-order valence-corrected chi connectivity index (χ3v) is 2.75. The van der Waals surface area contributed by atoms with E-state index in [9.17, 15) is 0 Å². The number of nitrogens with zero attached hydrogens (tertiary/aromatic N) is 2. The highest BCUT2D eigenvalue weighted by molar-refractivity contribution is 5.56. The van der Waals surface area contributed by atoms with Crippen molar-refractivity contribution in [2.45, 2.75) is 13.5 Å². The lowest BCUT2D eigenvalue weighted by Gasteiger charge is -2.05. The molecule has 0 aliphatic carbocycles. The molecular weight excluding hydrogens is 198 g/mol. The summed E-state index contributed by atoms with van der Waals surface area (Å²) < 4.78 is 2.13. The van der Waals surface area contributed by atoms with Gasteiger partial charge in [-0.25, -0.2) is 4.98 Å². The molecule has 1 N–H and O–H groups in total. The fraction of sp³-hybridized carbons (Fsp3) is 0.308. The van der Waals surface area contributed by atoms with Gasteiger partial charge in [0.05, 0.1) is 11.9 Å². The Morgan fingerprint density at radius 3 is 2.56 bits per heavy atom. The van der Waals surface area contributed by atoms with Crippen molar-refractivity contribution in [3.63, 3.8) is 0 Å². The average molecular weight is 215 g/mol. The van der Waals surface area contributed by atoms with Crippen LogP contribution < -0.4 is 5.32 Å². The quantitative estimate of drug-likeness (QED) is 0.850. The summed E-state index contributed by atoms with van der Waals surface area (Å²) in [5, 5.41) is 3.14. The molecule has 0 spiro atoms. The largest absolute Gasteiger partial charge is 0.330 e. The number of imidazole rings is 1. The zero-order chi connectivity index (χ0) is 11.5. The van der Waals surface area contributed by atoms with E-state index in [0.717, 1.165) is 17.9 Å². The molecule has 1 aromatic carbocycles. The number of nitrogens with one attached hydrogen (secondary N) is 1. The van der Waals surface area contributed by atoms with Gasteiger partial charge in [0, 0.05) is 19.2 Å². The lowest BCUT2D eigenvalue weighted by Crippen LogP contribution is -2.09. The Labute approximate surface area is 96.1 Å². The van der Waals surface area contributed by atoms with Gasteiger partial charge in [0.1, 0.15) is 5.82 Å². The highest BCUT2D eigenvalue weighted by Crippen LogP contribution is 2.18. The second kappa shape index (κ2) is 4.49. The third-order valence-electron chi connectivity index (χ3n) is 2.75. The first-order valence-electron chi connectivity index (χ1n) is 5.44. The van der Waals surface area contributed by atoms with Crippen LogP contribution in [-0.2, 0) is 13.6 Å². The van der Waals surface area contributed by atoms with Crippen LogP contribution in [0.25, 0.3) is 11.4 Å². The van der Waals surface area contributed by atoms with E-state index in [2.05, 4.69) is 53.1 Å².